The number of carbonyl (C=O) groups is 1. The van der Waals surface area contributed by atoms with E-state index >= 15 is 0 Å². The highest BCUT2D eigenvalue weighted by atomic mass is 16.1. The number of hydrogen-bond donors (Lipinski definition) is 2. The Bertz CT molecular complexity index is 1360. The van der Waals surface area contributed by atoms with E-state index in [1.165, 1.54) is 0 Å². The Balaban J connectivity index is 1.35. The Labute approximate surface area is 191 Å². The predicted molar refractivity (Wildman–Crippen MR) is 127 cm³/mol. The van der Waals surface area contributed by atoms with Crippen LogP contribution in [0.3, 0.4) is 0 Å². The summed E-state index contributed by atoms with van der Waals surface area (Å²) in [5.74, 6) is 1.59. The molecule has 0 bridgehead atoms. The third kappa shape index (κ3) is 3.46. The smallest absolute Gasteiger partial charge is 0.254 e. The molecule has 0 aliphatic carbocycles. The molecule has 1 fully saturated rings. The second-order valence-electron chi connectivity index (χ2n) is 8.44. The molecule has 9 nitrogen and oxygen atoms in total. The number of nitrogens with zero attached hydrogens (tertiary/aromatic N) is 6. The highest BCUT2D eigenvalue weighted by Crippen LogP contribution is 2.35. The average molecular weight is 441 g/mol. The molecule has 0 saturated carbocycles. The van der Waals surface area contributed by atoms with E-state index in [0.717, 1.165) is 66.0 Å². The maximum atomic E-state index is 12.8. The minimum atomic E-state index is -0.0833. The zero-order chi connectivity index (χ0) is 22.4. The van der Waals surface area contributed by atoms with Crippen molar-refractivity contribution in [3.63, 3.8) is 0 Å². The van der Waals surface area contributed by atoms with Crippen molar-refractivity contribution in [2.24, 2.45) is 0 Å². The number of rotatable bonds is 4. The van der Waals surface area contributed by atoms with Crippen molar-refractivity contribution >= 4 is 28.9 Å². The van der Waals surface area contributed by atoms with Crippen LogP contribution in [0.2, 0.25) is 0 Å². The van der Waals surface area contributed by atoms with Gasteiger partial charge < -0.3 is 20.4 Å². The van der Waals surface area contributed by atoms with Gasteiger partial charge in [0.05, 0.1) is 29.3 Å². The van der Waals surface area contributed by atoms with E-state index in [1.807, 2.05) is 47.1 Å². The van der Waals surface area contributed by atoms with Crippen LogP contribution >= 0.6 is 0 Å². The first-order valence-corrected chi connectivity index (χ1v) is 11.1. The fourth-order valence-corrected chi connectivity index (χ4v) is 4.58. The molecule has 1 amide bonds. The van der Waals surface area contributed by atoms with Crippen molar-refractivity contribution in [1.82, 2.24) is 29.6 Å². The number of imidazole rings is 1. The highest BCUT2D eigenvalue weighted by molar-refractivity contribution is 6.06. The molecule has 0 atom stereocenters. The molecule has 4 aromatic rings. The number of amides is 1. The third-order valence-electron chi connectivity index (χ3n) is 6.38. The van der Waals surface area contributed by atoms with Crippen molar-refractivity contribution < 1.29 is 4.79 Å². The quantitative estimate of drug-likeness (QED) is 0.504. The minimum Gasteiger partial charge on any atom is -0.354 e. The van der Waals surface area contributed by atoms with Gasteiger partial charge in [0.25, 0.3) is 5.91 Å². The van der Waals surface area contributed by atoms with Crippen molar-refractivity contribution in [1.29, 1.82) is 0 Å². The molecule has 0 unspecified atom stereocenters. The maximum Gasteiger partial charge on any atom is 0.254 e. The van der Waals surface area contributed by atoms with E-state index < -0.39 is 0 Å². The molecule has 1 aromatic carbocycles. The van der Waals surface area contributed by atoms with Crippen molar-refractivity contribution in [2.75, 3.05) is 43.4 Å². The Morgan fingerprint density at radius 1 is 1.06 bits per heavy atom. The van der Waals surface area contributed by atoms with Gasteiger partial charge in [-0.1, -0.05) is 12.1 Å². The molecular formula is C24H24N8O. The van der Waals surface area contributed by atoms with Crippen LogP contribution in [0, 0.1) is 0 Å². The summed E-state index contributed by atoms with van der Waals surface area (Å²) in [6, 6.07) is 9.96. The van der Waals surface area contributed by atoms with Crippen LogP contribution in [0.25, 0.3) is 16.9 Å². The molecule has 1 saturated heterocycles. The zero-order valence-corrected chi connectivity index (χ0v) is 18.3. The molecule has 2 aliphatic heterocycles. The highest BCUT2D eigenvalue weighted by Gasteiger charge is 2.27. The third-order valence-corrected chi connectivity index (χ3v) is 6.38. The van der Waals surface area contributed by atoms with E-state index in [2.05, 4.69) is 37.4 Å². The largest absolute Gasteiger partial charge is 0.354 e. The van der Waals surface area contributed by atoms with Crippen LogP contribution in [-0.4, -0.2) is 63.4 Å². The number of aromatic nitrogens is 4. The van der Waals surface area contributed by atoms with Crippen LogP contribution in [0.15, 0.2) is 55.1 Å². The predicted octanol–water partition coefficient (Wildman–Crippen LogP) is 2.53. The lowest BCUT2D eigenvalue weighted by Gasteiger charge is -2.33. The van der Waals surface area contributed by atoms with Gasteiger partial charge in [0, 0.05) is 50.7 Å². The molecule has 3 aromatic heterocycles. The van der Waals surface area contributed by atoms with E-state index in [-0.39, 0.29) is 5.91 Å². The van der Waals surface area contributed by atoms with Gasteiger partial charge in [0.2, 0.25) is 0 Å². The number of nitrogens with one attached hydrogen (secondary N) is 2. The van der Waals surface area contributed by atoms with Gasteiger partial charge in [0.1, 0.15) is 11.6 Å². The summed E-state index contributed by atoms with van der Waals surface area (Å²) in [5, 5.41) is 6.37. The van der Waals surface area contributed by atoms with Gasteiger partial charge in [-0.3, -0.25) is 14.2 Å². The summed E-state index contributed by atoms with van der Waals surface area (Å²) in [6.07, 6.45) is 7.16. The van der Waals surface area contributed by atoms with Crippen LogP contribution in [-0.2, 0) is 6.54 Å². The lowest BCUT2D eigenvalue weighted by Crippen LogP contribution is -2.44. The molecule has 166 valence electrons. The van der Waals surface area contributed by atoms with Crippen molar-refractivity contribution in [3.05, 3.63) is 66.2 Å². The first-order chi connectivity index (χ1) is 16.2. The Morgan fingerprint density at radius 3 is 2.82 bits per heavy atom. The summed E-state index contributed by atoms with van der Waals surface area (Å²) < 4.78 is 1.99. The average Bonchev–Trinajstić information content (AvgIpc) is 3.44. The lowest BCUT2D eigenvalue weighted by atomic mass is 9.99. The SMILES string of the molecule is CN1CCN(c2cccc(Nc3ccc(-c4cnc5cnccn45)c4c3C(=O)NC4)n2)CC1. The number of fused-ring (bicyclic) bond motifs is 2. The molecule has 2 aliphatic rings. The van der Waals surface area contributed by atoms with Gasteiger partial charge in [-0.2, -0.15) is 0 Å². The fraction of sp³-hybridized carbons (Fsp3) is 0.250. The van der Waals surface area contributed by atoms with Crippen LogP contribution in [0.5, 0.6) is 0 Å². The molecule has 6 rings (SSSR count). The van der Waals surface area contributed by atoms with E-state index in [0.29, 0.717) is 12.1 Å². The normalized spacial score (nSPS) is 16.2. The Hall–Kier alpha value is -3.98. The standard InChI is InChI=1S/C24H24N8O/c1-30-9-11-31(12-10-30)21-4-2-3-20(29-21)28-18-6-5-16(17-13-27-24(33)23(17)18)19-14-26-22-15-25-7-8-32(19)22/h2-8,14-15H,9-13H2,1H3,(H,27,33)(H,28,29). The second kappa shape index (κ2) is 7.86. The van der Waals surface area contributed by atoms with Crippen LogP contribution in [0.1, 0.15) is 15.9 Å². The van der Waals surface area contributed by atoms with Crippen molar-refractivity contribution in [3.8, 4) is 11.3 Å². The molecule has 33 heavy (non-hydrogen) atoms. The van der Waals surface area contributed by atoms with Gasteiger partial charge in [-0.05, 0) is 30.8 Å². The van der Waals surface area contributed by atoms with E-state index in [1.54, 1.807) is 12.4 Å². The monoisotopic (exact) mass is 440 g/mol. The molecule has 5 heterocycles. The number of piperazine rings is 1. The summed E-state index contributed by atoms with van der Waals surface area (Å²) in [5.41, 5.74) is 5.05. The first-order valence-electron chi connectivity index (χ1n) is 11.1. The van der Waals surface area contributed by atoms with Gasteiger partial charge in [-0.15, -0.1) is 0 Å². The first kappa shape index (κ1) is 19.7. The Kier molecular flexibility index (Phi) is 4.69. The molecule has 0 spiro atoms. The lowest BCUT2D eigenvalue weighted by molar-refractivity contribution is 0.0966. The zero-order valence-electron chi connectivity index (χ0n) is 18.3. The van der Waals surface area contributed by atoms with E-state index in [9.17, 15) is 4.79 Å². The second-order valence-corrected chi connectivity index (χ2v) is 8.44. The fourth-order valence-electron chi connectivity index (χ4n) is 4.58. The summed E-state index contributed by atoms with van der Waals surface area (Å²) >= 11 is 0. The number of anilines is 3. The Morgan fingerprint density at radius 2 is 1.94 bits per heavy atom. The minimum absolute atomic E-state index is 0.0833. The molecular weight excluding hydrogens is 416 g/mol. The van der Waals surface area contributed by atoms with Gasteiger partial charge in [0.15, 0.2) is 5.65 Å². The van der Waals surface area contributed by atoms with Gasteiger partial charge >= 0.3 is 0 Å². The molecule has 0 radical (unpaired) electrons. The summed E-state index contributed by atoms with van der Waals surface area (Å²) in [7, 11) is 2.14. The van der Waals surface area contributed by atoms with Gasteiger partial charge in [-0.25, -0.2) is 9.97 Å². The van der Waals surface area contributed by atoms with E-state index in [4.69, 9.17) is 4.98 Å². The number of carbonyl (C=O) groups excluding carboxylic acids is 1. The number of pyridine rings is 1. The maximum absolute atomic E-state index is 12.8. The molecule has 9 heteroatoms. The number of benzene rings is 1. The number of hydrogen-bond acceptors (Lipinski definition) is 7. The summed E-state index contributed by atoms with van der Waals surface area (Å²) in [4.78, 5) is 30.8. The van der Waals surface area contributed by atoms with Crippen LogP contribution in [0.4, 0.5) is 17.3 Å². The molecule has 2 N–H and O–H groups in total. The summed E-state index contributed by atoms with van der Waals surface area (Å²) in [6.45, 7) is 4.43. The van der Waals surface area contributed by atoms with Crippen LogP contribution < -0.4 is 15.5 Å². The number of likely N-dealkylation sites (N-methyl/N-ethyl adjacent to an activating group) is 1. The van der Waals surface area contributed by atoms with Crippen molar-refractivity contribution in [2.45, 2.75) is 6.54 Å². The topological polar surface area (TPSA) is 90.7 Å².